The van der Waals surface area contributed by atoms with Gasteiger partial charge in [-0.05, 0) is 58.3 Å². The van der Waals surface area contributed by atoms with E-state index in [1.54, 1.807) is 0 Å². The molecule has 5 heteroatoms. The molecule has 2 fully saturated rings. The molecular formula is C18H26N4O. The topological polar surface area (TPSA) is 63.4 Å². The van der Waals surface area contributed by atoms with Crippen LogP contribution in [0.2, 0.25) is 0 Å². The lowest BCUT2D eigenvalue weighted by molar-refractivity contribution is -0.0277. The maximum Gasteiger partial charge on any atom is 0.146 e. The van der Waals surface area contributed by atoms with Gasteiger partial charge in [-0.3, -0.25) is 0 Å². The van der Waals surface area contributed by atoms with Gasteiger partial charge in [-0.25, -0.2) is 4.98 Å². The first kappa shape index (κ1) is 16.2. The highest BCUT2D eigenvalue weighted by atomic mass is 16.3. The average Bonchev–Trinajstić information content (AvgIpc) is 2.57. The van der Waals surface area contributed by atoms with Crippen molar-refractivity contribution in [2.24, 2.45) is 5.41 Å². The first-order valence-electron chi connectivity index (χ1n) is 8.45. The Balaban J connectivity index is 1.92. The van der Waals surface area contributed by atoms with E-state index in [1.807, 2.05) is 19.9 Å². The molecule has 0 saturated carbocycles. The van der Waals surface area contributed by atoms with Crippen LogP contribution in [0.4, 0.5) is 5.82 Å². The van der Waals surface area contributed by atoms with Crippen molar-refractivity contribution in [3.8, 4) is 6.07 Å². The predicted octanol–water partition coefficient (Wildman–Crippen LogP) is 1.85. The molecule has 0 aliphatic carbocycles. The number of fused-ring (bicyclic) bond motifs is 1. The molecule has 0 bridgehead atoms. The van der Waals surface area contributed by atoms with E-state index in [1.165, 1.54) is 0 Å². The molecular weight excluding hydrogens is 288 g/mol. The summed E-state index contributed by atoms with van der Waals surface area (Å²) in [6.07, 6.45) is 3.20. The molecule has 2 aliphatic rings. The largest absolute Gasteiger partial charge is 0.396 e. The molecule has 2 saturated heterocycles. The number of pyridine rings is 1. The number of aryl methyl sites for hydroxylation is 2. The summed E-state index contributed by atoms with van der Waals surface area (Å²) in [5.41, 5.74) is 2.70. The Kier molecular flexibility index (Phi) is 4.31. The number of nitriles is 1. The van der Waals surface area contributed by atoms with Gasteiger partial charge >= 0.3 is 0 Å². The smallest absolute Gasteiger partial charge is 0.146 e. The number of aliphatic hydroxyl groups is 1. The predicted molar refractivity (Wildman–Crippen MR) is 90.4 cm³/mol. The zero-order valence-electron chi connectivity index (χ0n) is 14.3. The van der Waals surface area contributed by atoms with E-state index in [9.17, 15) is 10.4 Å². The highest BCUT2D eigenvalue weighted by Gasteiger charge is 2.46. The number of aliphatic hydroxyl groups excluding tert-OH is 1. The first-order valence-corrected chi connectivity index (χ1v) is 8.45. The van der Waals surface area contributed by atoms with Gasteiger partial charge in [0.25, 0.3) is 0 Å². The van der Waals surface area contributed by atoms with Crippen molar-refractivity contribution in [2.45, 2.75) is 39.2 Å². The van der Waals surface area contributed by atoms with Gasteiger partial charge in [0.05, 0.1) is 12.2 Å². The van der Waals surface area contributed by atoms with Gasteiger partial charge in [0.15, 0.2) is 0 Å². The third kappa shape index (κ3) is 2.71. The van der Waals surface area contributed by atoms with Crippen LogP contribution in [0.25, 0.3) is 0 Å². The van der Waals surface area contributed by atoms with Crippen LogP contribution in [0.5, 0.6) is 0 Å². The number of nitrogens with zero attached hydrogens (tertiary/aromatic N) is 4. The Morgan fingerprint density at radius 1 is 1.39 bits per heavy atom. The highest BCUT2D eigenvalue weighted by Crippen LogP contribution is 2.42. The number of aromatic nitrogens is 1. The summed E-state index contributed by atoms with van der Waals surface area (Å²) < 4.78 is 0. The maximum atomic E-state index is 10.0. The SMILES string of the molecule is Cc1cc(C#N)c(N2CC[C@@]3(CO)CCCN(C)[C@@H]3C2)nc1C. The Hall–Kier alpha value is -1.64. The Bertz CT molecular complexity index is 639. The molecule has 2 aliphatic heterocycles. The second kappa shape index (κ2) is 6.10. The second-order valence-corrected chi connectivity index (χ2v) is 7.19. The van der Waals surface area contributed by atoms with Crippen LogP contribution in [-0.4, -0.2) is 54.3 Å². The lowest BCUT2D eigenvalue weighted by Gasteiger charge is -2.53. The van der Waals surface area contributed by atoms with Crippen molar-refractivity contribution in [2.75, 3.05) is 38.2 Å². The molecule has 124 valence electrons. The third-order valence-corrected chi connectivity index (χ3v) is 5.88. The van der Waals surface area contributed by atoms with E-state index in [-0.39, 0.29) is 12.0 Å². The van der Waals surface area contributed by atoms with Gasteiger partial charge in [0.1, 0.15) is 11.9 Å². The molecule has 0 radical (unpaired) electrons. The second-order valence-electron chi connectivity index (χ2n) is 7.19. The van der Waals surface area contributed by atoms with Crippen LogP contribution >= 0.6 is 0 Å². The van der Waals surface area contributed by atoms with Crippen molar-refractivity contribution in [3.05, 3.63) is 22.9 Å². The summed E-state index contributed by atoms with van der Waals surface area (Å²) >= 11 is 0. The molecule has 2 atom stereocenters. The Morgan fingerprint density at radius 2 is 2.17 bits per heavy atom. The number of anilines is 1. The molecule has 1 aromatic heterocycles. The van der Waals surface area contributed by atoms with E-state index in [4.69, 9.17) is 4.98 Å². The number of likely N-dealkylation sites (tertiary alicyclic amines) is 1. The minimum Gasteiger partial charge on any atom is -0.396 e. The van der Waals surface area contributed by atoms with Crippen molar-refractivity contribution in [1.82, 2.24) is 9.88 Å². The minimum atomic E-state index is 0.00997. The number of rotatable bonds is 2. The van der Waals surface area contributed by atoms with Crippen molar-refractivity contribution in [3.63, 3.8) is 0 Å². The van der Waals surface area contributed by atoms with Gasteiger partial charge in [-0.15, -0.1) is 0 Å². The Labute approximate surface area is 138 Å². The molecule has 1 N–H and O–H groups in total. The van der Waals surface area contributed by atoms with Crippen LogP contribution < -0.4 is 4.90 Å². The molecule has 3 rings (SSSR count). The van der Waals surface area contributed by atoms with Crippen LogP contribution in [0.1, 0.15) is 36.1 Å². The molecule has 5 nitrogen and oxygen atoms in total. The number of hydrogen-bond donors (Lipinski definition) is 1. The van der Waals surface area contributed by atoms with Gasteiger partial charge < -0.3 is 14.9 Å². The van der Waals surface area contributed by atoms with Gasteiger partial charge in [-0.2, -0.15) is 5.26 Å². The zero-order chi connectivity index (χ0) is 16.6. The monoisotopic (exact) mass is 314 g/mol. The van der Waals surface area contributed by atoms with Crippen molar-refractivity contribution >= 4 is 5.82 Å². The zero-order valence-corrected chi connectivity index (χ0v) is 14.3. The number of likely N-dealkylation sites (N-methyl/N-ethyl adjacent to an activating group) is 1. The maximum absolute atomic E-state index is 10.0. The molecule has 0 spiro atoms. The van der Waals surface area contributed by atoms with Gasteiger partial charge in [0.2, 0.25) is 0 Å². The van der Waals surface area contributed by atoms with Crippen LogP contribution in [0.3, 0.4) is 0 Å². The first-order chi connectivity index (χ1) is 11.0. The molecule has 3 heterocycles. The van der Waals surface area contributed by atoms with Crippen molar-refractivity contribution < 1.29 is 5.11 Å². The van der Waals surface area contributed by atoms with E-state index >= 15 is 0 Å². The third-order valence-electron chi connectivity index (χ3n) is 5.88. The number of hydrogen-bond acceptors (Lipinski definition) is 5. The highest BCUT2D eigenvalue weighted by molar-refractivity contribution is 5.56. The van der Waals surface area contributed by atoms with Gasteiger partial charge in [-0.1, -0.05) is 0 Å². The van der Waals surface area contributed by atoms with Crippen LogP contribution in [-0.2, 0) is 0 Å². The summed E-state index contributed by atoms with van der Waals surface area (Å²) in [6.45, 7) is 7.01. The fourth-order valence-electron chi connectivity index (χ4n) is 4.22. The normalized spacial score (nSPS) is 28.3. The fourth-order valence-corrected chi connectivity index (χ4v) is 4.22. The van der Waals surface area contributed by atoms with E-state index in [0.717, 1.165) is 56.0 Å². The van der Waals surface area contributed by atoms with E-state index < -0.39 is 0 Å². The van der Waals surface area contributed by atoms with Crippen LogP contribution in [0.15, 0.2) is 6.07 Å². The lowest BCUT2D eigenvalue weighted by Crippen LogP contribution is -2.61. The number of piperidine rings is 2. The van der Waals surface area contributed by atoms with Crippen molar-refractivity contribution in [1.29, 1.82) is 5.26 Å². The standard InChI is InChI=1S/C18H26N4O/c1-13-9-15(10-19)17(20-14(13)2)22-8-6-18(12-23)5-4-7-21(3)16(18)11-22/h9,16,23H,4-8,11-12H2,1-3H3/t16-,18-/m1/s1. The molecule has 0 amide bonds. The molecule has 1 aromatic rings. The average molecular weight is 314 g/mol. The van der Waals surface area contributed by atoms with E-state index in [2.05, 4.69) is 22.9 Å². The summed E-state index contributed by atoms with van der Waals surface area (Å²) in [6, 6.07) is 4.57. The summed E-state index contributed by atoms with van der Waals surface area (Å²) in [7, 11) is 2.15. The molecule has 0 aromatic carbocycles. The molecule has 0 unspecified atom stereocenters. The fraction of sp³-hybridized carbons (Fsp3) is 0.667. The van der Waals surface area contributed by atoms with Gasteiger partial charge in [0, 0.05) is 30.2 Å². The van der Waals surface area contributed by atoms with E-state index in [0.29, 0.717) is 11.6 Å². The summed E-state index contributed by atoms with van der Waals surface area (Å²) in [5, 5.41) is 19.5. The van der Waals surface area contributed by atoms with Crippen LogP contribution in [0, 0.1) is 30.6 Å². The Morgan fingerprint density at radius 3 is 2.87 bits per heavy atom. The quantitative estimate of drug-likeness (QED) is 0.902. The summed E-state index contributed by atoms with van der Waals surface area (Å²) in [4.78, 5) is 9.32. The summed E-state index contributed by atoms with van der Waals surface area (Å²) in [5.74, 6) is 0.807. The minimum absolute atomic E-state index is 0.00997. The lowest BCUT2D eigenvalue weighted by atomic mass is 9.69. The molecule has 23 heavy (non-hydrogen) atoms.